The minimum atomic E-state index is -0.0808. The molecule has 1 aromatic carbocycles. The van der Waals surface area contributed by atoms with Crippen LogP contribution in [-0.4, -0.2) is 20.2 Å². The van der Waals surface area contributed by atoms with Gasteiger partial charge in [-0.1, -0.05) is 42.1 Å². The number of hydrogen-bond acceptors (Lipinski definition) is 4. The Morgan fingerprint density at radius 3 is 2.53 bits per heavy atom. The molecule has 2 aromatic rings. The van der Waals surface area contributed by atoms with E-state index < -0.39 is 0 Å². The van der Waals surface area contributed by atoms with Gasteiger partial charge in [0.1, 0.15) is 0 Å². The molecule has 5 heteroatoms. The maximum atomic E-state index is 4.06. The molecule has 0 N–H and O–H groups in total. The van der Waals surface area contributed by atoms with Gasteiger partial charge < -0.3 is 0 Å². The van der Waals surface area contributed by atoms with E-state index in [1.54, 1.807) is 11.8 Å². The van der Waals surface area contributed by atoms with Gasteiger partial charge in [0.15, 0.2) is 0 Å². The number of aromatic nitrogens is 4. The molecule has 4 nitrogen and oxygen atoms in total. The van der Waals surface area contributed by atoms with Crippen LogP contribution in [0.15, 0.2) is 35.5 Å². The molecule has 17 heavy (non-hydrogen) atoms. The van der Waals surface area contributed by atoms with Crippen molar-refractivity contribution in [3.63, 3.8) is 0 Å². The zero-order valence-corrected chi connectivity index (χ0v) is 11.1. The summed E-state index contributed by atoms with van der Waals surface area (Å²) in [5.74, 6) is 0.886. The van der Waals surface area contributed by atoms with Crippen molar-refractivity contribution in [3.05, 3.63) is 35.9 Å². The molecule has 0 bridgehead atoms. The maximum Gasteiger partial charge on any atom is 0.210 e. The fourth-order valence-corrected chi connectivity index (χ4v) is 2.43. The first-order chi connectivity index (χ1) is 8.07. The maximum absolute atomic E-state index is 4.06. The average Bonchev–Trinajstić information content (AvgIpc) is 2.75. The minimum absolute atomic E-state index is 0.0808. The number of hydrogen-bond donors (Lipinski definition) is 0. The van der Waals surface area contributed by atoms with Gasteiger partial charge >= 0.3 is 0 Å². The lowest BCUT2D eigenvalue weighted by Gasteiger charge is -2.19. The first kappa shape index (κ1) is 12.1. The summed E-state index contributed by atoms with van der Waals surface area (Å²) < 4.78 is 1.86. The molecule has 0 atom stereocenters. The van der Waals surface area contributed by atoms with Crippen LogP contribution >= 0.6 is 11.8 Å². The molecule has 2 rings (SSSR count). The highest BCUT2D eigenvalue weighted by Gasteiger charge is 2.19. The molecule has 0 amide bonds. The van der Waals surface area contributed by atoms with Crippen LogP contribution in [0.4, 0.5) is 0 Å². The van der Waals surface area contributed by atoms with Crippen LogP contribution in [0.3, 0.4) is 0 Å². The van der Waals surface area contributed by atoms with Crippen LogP contribution in [0.5, 0.6) is 0 Å². The second kappa shape index (κ2) is 4.87. The molecule has 0 saturated heterocycles. The van der Waals surface area contributed by atoms with E-state index in [9.17, 15) is 0 Å². The van der Waals surface area contributed by atoms with Gasteiger partial charge in [0.25, 0.3) is 0 Å². The molecule has 0 aliphatic rings. The van der Waals surface area contributed by atoms with Crippen LogP contribution in [0.25, 0.3) is 0 Å². The summed E-state index contributed by atoms with van der Waals surface area (Å²) in [6.45, 7) is 6.28. The van der Waals surface area contributed by atoms with Crippen LogP contribution in [0.1, 0.15) is 26.3 Å². The van der Waals surface area contributed by atoms with Gasteiger partial charge in [-0.2, -0.15) is 0 Å². The normalized spacial score (nSPS) is 11.7. The molecule has 0 saturated carbocycles. The Morgan fingerprint density at radius 1 is 1.18 bits per heavy atom. The van der Waals surface area contributed by atoms with Crippen molar-refractivity contribution in [2.75, 3.05) is 0 Å². The van der Waals surface area contributed by atoms with Crippen LogP contribution in [0.2, 0.25) is 0 Å². The summed E-state index contributed by atoms with van der Waals surface area (Å²) in [7, 11) is 0. The summed E-state index contributed by atoms with van der Waals surface area (Å²) in [4.78, 5) is 0. The van der Waals surface area contributed by atoms with Gasteiger partial charge in [-0.15, -0.1) is 5.10 Å². The van der Waals surface area contributed by atoms with Crippen molar-refractivity contribution < 1.29 is 0 Å². The fourth-order valence-electron chi connectivity index (χ4n) is 1.41. The molecule has 0 aliphatic heterocycles. The van der Waals surface area contributed by atoms with E-state index in [4.69, 9.17) is 0 Å². The van der Waals surface area contributed by atoms with E-state index in [-0.39, 0.29) is 5.54 Å². The van der Waals surface area contributed by atoms with E-state index in [0.717, 1.165) is 10.9 Å². The summed E-state index contributed by atoms with van der Waals surface area (Å²) in [5.41, 5.74) is 1.20. The van der Waals surface area contributed by atoms with Crippen molar-refractivity contribution in [3.8, 4) is 0 Å². The Kier molecular flexibility index (Phi) is 3.47. The molecule has 90 valence electrons. The lowest BCUT2D eigenvalue weighted by atomic mass is 10.1. The summed E-state index contributed by atoms with van der Waals surface area (Å²) in [6, 6.07) is 10.3. The van der Waals surface area contributed by atoms with Crippen molar-refractivity contribution in [1.29, 1.82) is 0 Å². The van der Waals surface area contributed by atoms with Crippen molar-refractivity contribution in [2.45, 2.75) is 37.2 Å². The molecular weight excluding hydrogens is 232 g/mol. The quantitative estimate of drug-likeness (QED) is 0.783. The first-order valence-corrected chi connectivity index (χ1v) is 6.51. The molecule has 1 heterocycles. The van der Waals surface area contributed by atoms with Crippen LogP contribution in [0, 0.1) is 0 Å². The van der Waals surface area contributed by atoms with E-state index in [0.29, 0.717) is 0 Å². The van der Waals surface area contributed by atoms with Gasteiger partial charge in [0.05, 0.1) is 5.54 Å². The molecule has 0 unspecified atom stereocenters. The molecular formula is C12H16N4S. The van der Waals surface area contributed by atoms with E-state index in [2.05, 4.69) is 48.4 Å². The van der Waals surface area contributed by atoms with E-state index in [1.165, 1.54) is 5.56 Å². The average molecular weight is 248 g/mol. The lowest BCUT2D eigenvalue weighted by Crippen LogP contribution is -2.24. The number of tetrazole rings is 1. The molecule has 0 aliphatic carbocycles. The highest BCUT2D eigenvalue weighted by molar-refractivity contribution is 7.98. The highest BCUT2D eigenvalue weighted by atomic mass is 32.2. The third-order valence-electron chi connectivity index (χ3n) is 2.29. The second-order valence-corrected chi connectivity index (χ2v) is 5.76. The van der Waals surface area contributed by atoms with E-state index >= 15 is 0 Å². The van der Waals surface area contributed by atoms with E-state index in [1.807, 2.05) is 22.9 Å². The van der Waals surface area contributed by atoms with Gasteiger partial charge in [-0.25, -0.2) is 4.68 Å². The van der Waals surface area contributed by atoms with Crippen LogP contribution in [-0.2, 0) is 11.3 Å². The van der Waals surface area contributed by atoms with Gasteiger partial charge in [-0.3, -0.25) is 0 Å². The molecule has 1 aromatic heterocycles. The molecule has 0 fully saturated rings. The summed E-state index contributed by atoms with van der Waals surface area (Å²) >= 11 is 1.66. The monoisotopic (exact) mass is 248 g/mol. The SMILES string of the molecule is CC(C)(C)n1nnnc1SCc1ccccc1. The third-order valence-corrected chi connectivity index (χ3v) is 3.28. The van der Waals surface area contributed by atoms with Crippen molar-refractivity contribution in [2.24, 2.45) is 0 Å². The number of thioether (sulfide) groups is 1. The molecule has 0 spiro atoms. The minimum Gasteiger partial charge on any atom is -0.215 e. The highest BCUT2D eigenvalue weighted by Crippen LogP contribution is 2.24. The topological polar surface area (TPSA) is 43.6 Å². The Balaban J connectivity index is 2.08. The van der Waals surface area contributed by atoms with Gasteiger partial charge in [0.2, 0.25) is 5.16 Å². The third kappa shape index (κ3) is 3.06. The fraction of sp³-hybridized carbons (Fsp3) is 0.417. The zero-order valence-electron chi connectivity index (χ0n) is 10.3. The predicted octanol–water partition coefficient (Wildman–Crippen LogP) is 2.72. The first-order valence-electron chi connectivity index (χ1n) is 5.53. The molecule has 0 radical (unpaired) electrons. The summed E-state index contributed by atoms with van der Waals surface area (Å²) in [5, 5.41) is 12.7. The van der Waals surface area contributed by atoms with Crippen LogP contribution < -0.4 is 0 Å². The Morgan fingerprint density at radius 2 is 1.88 bits per heavy atom. The predicted molar refractivity (Wildman–Crippen MR) is 68.8 cm³/mol. The second-order valence-electron chi connectivity index (χ2n) is 4.82. The van der Waals surface area contributed by atoms with Gasteiger partial charge in [0, 0.05) is 5.75 Å². The number of rotatable bonds is 3. The number of benzene rings is 1. The standard InChI is InChI=1S/C12H16N4S/c1-12(2,3)16-11(13-14-15-16)17-9-10-7-5-4-6-8-10/h4-8H,9H2,1-3H3. The Labute approximate surface area is 105 Å². The largest absolute Gasteiger partial charge is 0.215 e. The Bertz CT molecular complexity index is 473. The smallest absolute Gasteiger partial charge is 0.210 e. The Hall–Kier alpha value is -1.36. The summed E-state index contributed by atoms with van der Waals surface area (Å²) in [6.07, 6.45) is 0. The van der Waals surface area contributed by atoms with Crippen molar-refractivity contribution >= 4 is 11.8 Å². The van der Waals surface area contributed by atoms with Crippen molar-refractivity contribution in [1.82, 2.24) is 20.2 Å². The van der Waals surface area contributed by atoms with Gasteiger partial charge in [-0.05, 0) is 36.8 Å². The lowest BCUT2D eigenvalue weighted by molar-refractivity contribution is 0.321. The zero-order chi connectivity index (χ0) is 12.3. The number of nitrogens with zero attached hydrogens (tertiary/aromatic N) is 4.